The minimum atomic E-state index is 0. The van der Waals surface area contributed by atoms with Crippen molar-refractivity contribution in [2.24, 2.45) is 0 Å². The summed E-state index contributed by atoms with van der Waals surface area (Å²) in [6, 6.07) is 17.3. The molecule has 0 saturated carbocycles. The van der Waals surface area contributed by atoms with E-state index < -0.39 is 0 Å². The topological polar surface area (TPSA) is 9.23 Å². The van der Waals surface area contributed by atoms with Gasteiger partial charge in [0.25, 0.3) is 0 Å². The Morgan fingerprint density at radius 3 is 2.53 bits per heavy atom. The molecule has 0 amide bonds. The van der Waals surface area contributed by atoms with Crippen molar-refractivity contribution in [1.82, 2.24) is 0 Å². The Bertz CT molecular complexity index is 536. The number of aryl methyl sites for hydroxylation is 1. The fourth-order valence-electron chi connectivity index (χ4n) is 2.87. The predicted octanol–water partition coefficient (Wildman–Crippen LogP) is 4.39. The zero-order valence-electron chi connectivity index (χ0n) is 11.1. The Labute approximate surface area is 121 Å². The number of halogens is 1. The first-order chi connectivity index (χ1) is 8.86. The van der Waals surface area contributed by atoms with E-state index >= 15 is 0 Å². The lowest BCUT2D eigenvalue weighted by molar-refractivity contribution is 0.413. The van der Waals surface area contributed by atoms with Gasteiger partial charge in [0.15, 0.2) is 0 Å². The summed E-state index contributed by atoms with van der Waals surface area (Å²) in [7, 11) is 1.74. The number of hydrogen-bond acceptors (Lipinski definition) is 1. The molecule has 0 aromatic heterocycles. The van der Waals surface area contributed by atoms with E-state index in [1.165, 1.54) is 29.5 Å². The highest BCUT2D eigenvalue weighted by atomic mass is 35.5. The molecule has 1 atom stereocenters. The van der Waals surface area contributed by atoms with Gasteiger partial charge >= 0.3 is 0 Å². The van der Waals surface area contributed by atoms with Crippen molar-refractivity contribution in [3.63, 3.8) is 0 Å². The molecule has 0 heterocycles. The lowest BCUT2D eigenvalue weighted by Gasteiger charge is -2.25. The quantitative estimate of drug-likeness (QED) is 0.789. The molecule has 0 fully saturated rings. The average molecular weight is 275 g/mol. The number of fused-ring (bicyclic) bond motifs is 1. The normalized spacial score (nSPS) is 17.2. The van der Waals surface area contributed by atoms with Crippen molar-refractivity contribution in [2.75, 3.05) is 7.11 Å². The molecule has 0 N–H and O–H groups in total. The first kappa shape index (κ1) is 14.0. The molecule has 0 radical (unpaired) electrons. The summed E-state index contributed by atoms with van der Waals surface area (Å²) >= 11 is 0. The second-order valence-electron chi connectivity index (χ2n) is 4.99. The van der Waals surface area contributed by atoms with Gasteiger partial charge in [-0.3, -0.25) is 0 Å². The Kier molecular flexibility index (Phi) is 4.49. The summed E-state index contributed by atoms with van der Waals surface area (Å²) in [5.41, 5.74) is 4.41. The molecule has 1 unspecified atom stereocenters. The molecule has 1 nitrogen and oxygen atoms in total. The van der Waals surface area contributed by atoms with E-state index in [-0.39, 0.29) is 12.4 Å². The van der Waals surface area contributed by atoms with Crippen LogP contribution < -0.4 is 4.74 Å². The summed E-state index contributed by atoms with van der Waals surface area (Å²) in [6.07, 6.45) is 3.57. The summed E-state index contributed by atoms with van der Waals surface area (Å²) in [4.78, 5) is 0. The SMILES string of the molecule is COc1ccc2c(c1)CC(c1ccccc1)CC2.Cl. The molecule has 2 heteroatoms. The van der Waals surface area contributed by atoms with Crippen molar-refractivity contribution in [2.45, 2.75) is 25.2 Å². The zero-order valence-corrected chi connectivity index (χ0v) is 12.0. The van der Waals surface area contributed by atoms with Gasteiger partial charge in [0, 0.05) is 0 Å². The molecule has 1 aliphatic rings. The first-order valence-corrected chi connectivity index (χ1v) is 6.57. The van der Waals surface area contributed by atoms with Crippen molar-refractivity contribution in [3.8, 4) is 5.75 Å². The van der Waals surface area contributed by atoms with Crippen LogP contribution in [0.2, 0.25) is 0 Å². The average Bonchev–Trinajstić information content (AvgIpc) is 2.47. The van der Waals surface area contributed by atoms with E-state index in [0.717, 1.165) is 12.2 Å². The monoisotopic (exact) mass is 274 g/mol. The lowest BCUT2D eigenvalue weighted by atomic mass is 9.80. The van der Waals surface area contributed by atoms with E-state index in [4.69, 9.17) is 4.74 Å². The second-order valence-corrected chi connectivity index (χ2v) is 4.99. The molecule has 100 valence electrons. The standard InChI is InChI=1S/C17H18O.ClH/c1-18-17-10-9-14-7-8-15(11-16(14)12-17)13-5-3-2-4-6-13;/h2-6,9-10,12,15H,7-8,11H2,1H3;1H. The number of ether oxygens (including phenoxy) is 1. The molecule has 2 aromatic rings. The number of rotatable bonds is 2. The van der Waals surface area contributed by atoms with Crippen molar-refractivity contribution >= 4 is 12.4 Å². The Hall–Kier alpha value is -1.47. The van der Waals surface area contributed by atoms with E-state index in [9.17, 15) is 0 Å². The molecule has 0 aliphatic heterocycles. The van der Waals surface area contributed by atoms with Gasteiger partial charge in [0.1, 0.15) is 5.75 Å². The molecular formula is C17H19ClO. The highest BCUT2D eigenvalue weighted by Crippen LogP contribution is 2.34. The van der Waals surface area contributed by atoms with Gasteiger partial charge in [-0.15, -0.1) is 12.4 Å². The Balaban J connectivity index is 0.00000133. The lowest BCUT2D eigenvalue weighted by Crippen LogP contribution is -2.12. The van der Waals surface area contributed by atoms with Crippen LogP contribution in [0.25, 0.3) is 0 Å². The first-order valence-electron chi connectivity index (χ1n) is 6.57. The van der Waals surface area contributed by atoms with E-state index in [2.05, 4.69) is 48.5 Å². The van der Waals surface area contributed by atoms with Gasteiger partial charge in [0.2, 0.25) is 0 Å². The predicted molar refractivity (Wildman–Crippen MR) is 81.5 cm³/mol. The van der Waals surface area contributed by atoms with Gasteiger partial charge in [-0.2, -0.15) is 0 Å². The van der Waals surface area contributed by atoms with Crippen LogP contribution in [0.1, 0.15) is 29.0 Å². The van der Waals surface area contributed by atoms with E-state index in [1.807, 2.05) is 0 Å². The van der Waals surface area contributed by atoms with Crippen LogP contribution in [-0.4, -0.2) is 7.11 Å². The maximum Gasteiger partial charge on any atom is 0.119 e. The Morgan fingerprint density at radius 2 is 1.79 bits per heavy atom. The molecular weight excluding hydrogens is 256 g/mol. The molecule has 19 heavy (non-hydrogen) atoms. The molecule has 0 spiro atoms. The van der Waals surface area contributed by atoms with Crippen molar-refractivity contribution < 1.29 is 4.74 Å². The van der Waals surface area contributed by atoms with Crippen LogP contribution in [0, 0.1) is 0 Å². The summed E-state index contributed by atoms with van der Waals surface area (Å²) in [5, 5.41) is 0. The van der Waals surface area contributed by atoms with Gasteiger partial charge in [0.05, 0.1) is 7.11 Å². The minimum Gasteiger partial charge on any atom is -0.497 e. The maximum atomic E-state index is 5.32. The van der Waals surface area contributed by atoms with Crippen LogP contribution in [-0.2, 0) is 12.8 Å². The number of benzene rings is 2. The van der Waals surface area contributed by atoms with Crippen LogP contribution in [0.5, 0.6) is 5.75 Å². The minimum absolute atomic E-state index is 0. The molecule has 1 aliphatic carbocycles. The van der Waals surface area contributed by atoms with Gasteiger partial charge in [-0.1, -0.05) is 36.4 Å². The highest BCUT2D eigenvalue weighted by Gasteiger charge is 2.20. The zero-order chi connectivity index (χ0) is 12.4. The fraction of sp³-hybridized carbons (Fsp3) is 0.294. The third kappa shape index (κ3) is 2.93. The third-order valence-corrected chi connectivity index (χ3v) is 3.91. The maximum absolute atomic E-state index is 5.32. The largest absolute Gasteiger partial charge is 0.497 e. The fourth-order valence-corrected chi connectivity index (χ4v) is 2.87. The van der Waals surface area contributed by atoms with Crippen molar-refractivity contribution in [3.05, 3.63) is 65.2 Å². The summed E-state index contributed by atoms with van der Waals surface area (Å²) in [5.74, 6) is 1.63. The number of hydrogen-bond donors (Lipinski definition) is 0. The van der Waals surface area contributed by atoms with Crippen molar-refractivity contribution in [1.29, 1.82) is 0 Å². The van der Waals surface area contributed by atoms with Crippen LogP contribution >= 0.6 is 12.4 Å². The van der Waals surface area contributed by atoms with Crippen LogP contribution in [0.4, 0.5) is 0 Å². The van der Waals surface area contributed by atoms with Gasteiger partial charge in [-0.25, -0.2) is 0 Å². The Morgan fingerprint density at radius 1 is 1.00 bits per heavy atom. The number of methoxy groups -OCH3 is 1. The van der Waals surface area contributed by atoms with E-state index in [0.29, 0.717) is 5.92 Å². The third-order valence-electron chi connectivity index (χ3n) is 3.91. The van der Waals surface area contributed by atoms with Crippen LogP contribution in [0.3, 0.4) is 0 Å². The van der Waals surface area contributed by atoms with Gasteiger partial charge in [-0.05, 0) is 54.0 Å². The van der Waals surface area contributed by atoms with Crippen LogP contribution in [0.15, 0.2) is 48.5 Å². The smallest absolute Gasteiger partial charge is 0.119 e. The summed E-state index contributed by atoms with van der Waals surface area (Å²) in [6.45, 7) is 0. The second kappa shape index (κ2) is 6.12. The molecule has 2 aromatic carbocycles. The molecule has 3 rings (SSSR count). The summed E-state index contributed by atoms with van der Waals surface area (Å²) < 4.78 is 5.32. The van der Waals surface area contributed by atoms with Gasteiger partial charge < -0.3 is 4.74 Å². The van der Waals surface area contributed by atoms with E-state index in [1.54, 1.807) is 7.11 Å². The highest BCUT2D eigenvalue weighted by molar-refractivity contribution is 5.85. The molecule has 0 saturated heterocycles. The molecule has 0 bridgehead atoms.